The topological polar surface area (TPSA) is 55.6 Å². The number of carbonyl (C=O) groups excluding carboxylic acids is 1. The molecule has 1 aromatic carbocycles. The van der Waals surface area contributed by atoms with Gasteiger partial charge in [-0.05, 0) is 18.9 Å². The van der Waals surface area contributed by atoms with Gasteiger partial charge in [0.15, 0.2) is 0 Å². The smallest absolute Gasteiger partial charge is 0.239 e. The number of para-hydroxylation sites is 1. The maximum Gasteiger partial charge on any atom is 0.239 e. The van der Waals surface area contributed by atoms with Gasteiger partial charge in [0.05, 0.1) is 12.6 Å². The van der Waals surface area contributed by atoms with Gasteiger partial charge in [0.25, 0.3) is 0 Å². The first-order valence-corrected chi connectivity index (χ1v) is 7.22. The molecule has 4 heteroatoms. The number of ether oxygens (including phenoxy) is 1. The summed E-state index contributed by atoms with van der Waals surface area (Å²) in [7, 11) is 1.79. The molecule has 1 amide bonds. The minimum absolute atomic E-state index is 0.0225. The van der Waals surface area contributed by atoms with Crippen molar-refractivity contribution in [2.75, 3.05) is 13.7 Å². The molecule has 0 aromatic heterocycles. The van der Waals surface area contributed by atoms with Crippen LogP contribution in [0.1, 0.15) is 32.8 Å². The first-order valence-electron chi connectivity index (χ1n) is 7.22. The lowest BCUT2D eigenvalue weighted by atomic mass is 9.99. The van der Waals surface area contributed by atoms with Crippen molar-refractivity contribution >= 4 is 5.91 Å². The standard InChI is InChI=1S/C16H26N2O2/c1-5-12(3)15(17)16(19)18(4)11-13-9-7-8-10-14(13)20-6-2/h7-10,12,15H,5-6,11,17H2,1-4H3. The van der Waals surface area contributed by atoms with E-state index in [1.54, 1.807) is 11.9 Å². The van der Waals surface area contributed by atoms with Crippen molar-refractivity contribution < 1.29 is 9.53 Å². The Morgan fingerprint density at radius 3 is 2.60 bits per heavy atom. The molecule has 0 radical (unpaired) electrons. The van der Waals surface area contributed by atoms with Crippen molar-refractivity contribution in [1.82, 2.24) is 4.90 Å². The maximum atomic E-state index is 12.3. The summed E-state index contributed by atoms with van der Waals surface area (Å²) in [5.74, 6) is 0.990. The molecular weight excluding hydrogens is 252 g/mol. The summed E-state index contributed by atoms with van der Waals surface area (Å²) in [4.78, 5) is 14.0. The highest BCUT2D eigenvalue weighted by Gasteiger charge is 2.23. The number of likely N-dealkylation sites (N-methyl/N-ethyl adjacent to an activating group) is 1. The fraction of sp³-hybridized carbons (Fsp3) is 0.562. The zero-order valence-electron chi connectivity index (χ0n) is 12.9. The van der Waals surface area contributed by atoms with Crippen molar-refractivity contribution in [1.29, 1.82) is 0 Å². The van der Waals surface area contributed by atoms with Crippen LogP contribution in [0.5, 0.6) is 5.75 Å². The third kappa shape index (κ3) is 4.23. The van der Waals surface area contributed by atoms with E-state index in [1.807, 2.05) is 45.0 Å². The van der Waals surface area contributed by atoms with Crippen LogP contribution < -0.4 is 10.5 Å². The molecule has 0 saturated heterocycles. The zero-order valence-corrected chi connectivity index (χ0v) is 12.9. The number of hydrogen-bond acceptors (Lipinski definition) is 3. The second-order valence-corrected chi connectivity index (χ2v) is 5.15. The Hall–Kier alpha value is -1.55. The Balaban J connectivity index is 2.75. The van der Waals surface area contributed by atoms with E-state index in [1.165, 1.54) is 0 Å². The molecule has 1 rings (SSSR count). The Bertz CT molecular complexity index is 434. The van der Waals surface area contributed by atoms with E-state index in [0.29, 0.717) is 13.2 Å². The Labute approximate surface area is 121 Å². The monoisotopic (exact) mass is 278 g/mol. The van der Waals surface area contributed by atoms with Gasteiger partial charge in [0.1, 0.15) is 5.75 Å². The molecule has 0 aliphatic carbocycles. The molecule has 0 fully saturated rings. The van der Waals surface area contributed by atoms with Gasteiger partial charge in [-0.2, -0.15) is 0 Å². The summed E-state index contributed by atoms with van der Waals surface area (Å²) in [6.07, 6.45) is 0.899. The van der Waals surface area contributed by atoms with Crippen LogP contribution in [-0.4, -0.2) is 30.5 Å². The predicted molar refractivity (Wildman–Crippen MR) is 81.5 cm³/mol. The number of benzene rings is 1. The molecule has 2 unspecified atom stereocenters. The highest BCUT2D eigenvalue weighted by Crippen LogP contribution is 2.20. The van der Waals surface area contributed by atoms with E-state index in [9.17, 15) is 4.79 Å². The van der Waals surface area contributed by atoms with Crippen LogP contribution in [0.15, 0.2) is 24.3 Å². The van der Waals surface area contributed by atoms with Crippen molar-refractivity contribution in [3.63, 3.8) is 0 Å². The predicted octanol–water partition coefficient (Wildman–Crippen LogP) is 2.42. The van der Waals surface area contributed by atoms with E-state index in [4.69, 9.17) is 10.5 Å². The number of nitrogens with two attached hydrogens (primary N) is 1. The molecule has 4 nitrogen and oxygen atoms in total. The summed E-state index contributed by atoms with van der Waals surface area (Å²) in [5.41, 5.74) is 7.00. The minimum atomic E-state index is -0.441. The van der Waals surface area contributed by atoms with Gasteiger partial charge in [-0.1, -0.05) is 38.5 Å². The van der Waals surface area contributed by atoms with E-state index in [2.05, 4.69) is 0 Å². The van der Waals surface area contributed by atoms with Gasteiger partial charge in [-0.15, -0.1) is 0 Å². The lowest BCUT2D eigenvalue weighted by Crippen LogP contribution is -2.45. The van der Waals surface area contributed by atoms with Crippen LogP contribution in [0.2, 0.25) is 0 Å². The molecule has 112 valence electrons. The number of hydrogen-bond donors (Lipinski definition) is 1. The van der Waals surface area contributed by atoms with Crippen LogP contribution in [0.3, 0.4) is 0 Å². The SMILES string of the molecule is CCOc1ccccc1CN(C)C(=O)C(N)C(C)CC. The molecule has 1 aromatic rings. The first-order chi connectivity index (χ1) is 9.51. The van der Waals surface area contributed by atoms with Gasteiger partial charge >= 0.3 is 0 Å². The average molecular weight is 278 g/mol. The summed E-state index contributed by atoms with van der Waals surface area (Å²) >= 11 is 0. The quantitative estimate of drug-likeness (QED) is 0.833. The van der Waals surface area contributed by atoms with E-state index < -0.39 is 6.04 Å². The first kappa shape index (κ1) is 16.5. The van der Waals surface area contributed by atoms with Crippen LogP contribution in [-0.2, 0) is 11.3 Å². The van der Waals surface area contributed by atoms with Crippen molar-refractivity contribution in [3.05, 3.63) is 29.8 Å². The van der Waals surface area contributed by atoms with Gasteiger partial charge in [-0.25, -0.2) is 0 Å². The molecule has 2 atom stereocenters. The average Bonchev–Trinajstić information content (AvgIpc) is 2.47. The van der Waals surface area contributed by atoms with E-state index >= 15 is 0 Å². The fourth-order valence-electron chi connectivity index (χ4n) is 2.02. The van der Waals surface area contributed by atoms with Crippen molar-refractivity contribution in [2.24, 2.45) is 11.7 Å². The van der Waals surface area contributed by atoms with Crippen molar-refractivity contribution in [3.8, 4) is 5.75 Å². The van der Waals surface area contributed by atoms with Crippen molar-refractivity contribution in [2.45, 2.75) is 39.8 Å². The molecular formula is C16H26N2O2. The summed E-state index contributed by atoms with van der Waals surface area (Å²) < 4.78 is 5.58. The third-order valence-corrected chi connectivity index (χ3v) is 3.60. The molecule has 0 aliphatic rings. The van der Waals surface area contributed by atoms with Gasteiger partial charge in [0.2, 0.25) is 5.91 Å². The summed E-state index contributed by atoms with van der Waals surface area (Å²) in [6, 6.07) is 7.34. The molecule has 0 heterocycles. The van der Waals surface area contributed by atoms with Gasteiger partial charge < -0.3 is 15.4 Å². The number of rotatable bonds is 7. The number of carbonyl (C=O) groups is 1. The molecule has 0 spiro atoms. The molecule has 20 heavy (non-hydrogen) atoms. The van der Waals surface area contributed by atoms with Gasteiger partial charge in [-0.3, -0.25) is 4.79 Å². The fourth-order valence-corrected chi connectivity index (χ4v) is 2.02. The Morgan fingerprint density at radius 2 is 2.00 bits per heavy atom. The minimum Gasteiger partial charge on any atom is -0.494 e. The van der Waals surface area contributed by atoms with Crippen LogP contribution >= 0.6 is 0 Å². The molecule has 0 bridgehead atoms. The highest BCUT2D eigenvalue weighted by molar-refractivity contribution is 5.81. The maximum absolute atomic E-state index is 12.3. The summed E-state index contributed by atoms with van der Waals surface area (Å²) in [6.45, 7) is 7.12. The summed E-state index contributed by atoms with van der Waals surface area (Å²) in [5, 5.41) is 0. The van der Waals surface area contributed by atoms with Crippen LogP contribution in [0, 0.1) is 5.92 Å². The number of nitrogens with zero attached hydrogens (tertiary/aromatic N) is 1. The third-order valence-electron chi connectivity index (χ3n) is 3.60. The molecule has 2 N–H and O–H groups in total. The van der Waals surface area contributed by atoms with E-state index in [0.717, 1.165) is 17.7 Å². The van der Waals surface area contributed by atoms with Crippen LogP contribution in [0.4, 0.5) is 0 Å². The highest BCUT2D eigenvalue weighted by atomic mass is 16.5. The Morgan fingerprint density at radius 1 is 1.35 bits per heavy atom. The lowest BCUT2D eigenvalue weighted by Gasteiger charge is -2.25. The van der Waals surface area contributed by atoms with Crippen LogP contribution in [0.25, 0.3) is 0 Å². The van der Waals surface area contributed by atoms with Gasteiger partial charge in [0, 0.05) is 19.2 Å². The normalized spacial score (nSPS) is 13.7. The molecule has 0 saturated carbocycles. The zero-order chi connectivity index (χ0) is 15.1. The largest absolute Gasteiger partial charge is 0.494 e. The second kappa shape index (κ2) is 7.90. The number of amides is 1. The second-order valence-electron chi connectivity index (χ2n) is 5.15. The lowest BCUT2D eigenvalue weighted by molar-refractivity contribution is -0.132. The van der Waals surface area contributed by atoms with E-state index in [-0.39, 0.29) is 11.8 Å². The molecule has 0 aliphatic heterocycles. The Kier molecular flexibility index (Phi) is 6.52.